The molecule has 0 aromatic heterocycles. The highest BCUT2D eigenvalue weighted by atomic mass is 19.1. The molecule has 0 fully saturated rings. The first-order valence-electron chi connectivity index (χ1n) is 5.58. The number of nitrogens with one attached hydrogen (secondary N) is 1. The summed E-state index contributed by atoms with van der Waals surface area (Å²) in [7, 11) is 0. The maximum absolute atomic E-state index is 13.3. The van der Waals surface area contributed by atoms with Crippen LogP contribution in [-0.4, -0.2) is 6.54 Å². The number of para-hydroxylation sites is 1. The van der Waals surface area contributed by atoms with Crippen molar-refractivity contribution in [1.29, 1.82) is 0 Å². The lowest BCUT2D eigenvalue weighted by Crippen LogP contribution is -2.06. The molecule has 88 valence electrons. The van der Waals surface area contributed by atoms with Crippen LogP contribution in [0.5, 0.6) is 0 Å². The molecule has 0 unspecified atom stereocenters. The van der Waals surface area contributed by atoms with Crippen molar-refractivity contribution in [1.82, 2.24) is 0 Å². The number of benzene rings is 2. The standard InChI is InChI=1S/C14H15FN2/c15-13-6-1-2-7-14(13)17-9-8-11-4-3-5-12(16)10-11/h1-7,10,17H,8-9,16H2. The van der Waals surface area contributed by atoms with Gasteiger partial charge in [-0.15, -0.1) is 0 Å². The van der Waals surface area contributed by atoms with Crippen LogP contribution in [0.15, 0.2) is 48.5 Å². The SMILES string of the molecule is Nc1cccc(CCNc2ccccc2F)c1. The van der Waals surface area contributed by atoms with Gasteiger partial charge >= 0.3 is 0 Å². The highest BCUT2D eigenvalue weighted by Gasteiger charge is 1.99. The van der Waals surface area contributed by atoms with E-state index in [-0.39, 0.29) is 5.82 Å². The summed E-state index contributed by atoms with van der Waals surface area (Å²) in [6, 6.07) is 14.4. The predicted molar refractivity (Wildman–Crippen MR) is 69.4 cm³/mol. The second-order valence-corrected chi connectivity index (χ2v) is 3.90. The molecule has 0 aliphatic carbocycles. The molecule has 2 nitrogen and oxygen atoms in total. The molecule has 0 saturated carbocycles. The maximum atomic E-state index is 13.3. The van der Waals surface area contributed by atoms with Gasteiger partial charge in [0.2, 0.25) is 0 Å². The van der Waals surface area contributed by atoms with E-state index in [1.165, 1.54) is 6.07 Å². The van der Waals surface area contributed by atoms with E-state index in [1.54, 1.807) is 12.1 Å². The summed E-state index contributed by atoms with van der Waals surface area (Å²) >= 11 is 0. The van der Waals surface area contributed by atoms with Crippen molar-refractivity contribution in [2.45, 2.75) is 6.42 Å². The molecule has 3 N–H and O–H groups in total. The summed E-state index contributed by atoms with van der Waals surface area (Å²) < 4.78 is 13.3. The Balaban J connectivity index is 1.90. The Kier molecular flexibility index (Phi) is 3.60. The third-order valence-corrected chi connectivity index (χ3v) is 2.55. The van der Waals surface area contributed by atoms with Crippen molar-refractivity contribution in [3.63, 3.8) is 0 Å². The number of anilines is 2. The molecule has 0 aliphatic heterocycles. The Morgan fingerprint density at radius 1 is 1.06 bits per heavy atom. The molecule has 3 heteroatoms. The van der Waals surface area contributed by atoms with Crippen LogP contribution in [0.2, 0.25) is 0 Å². The fraction of sp³-hybridized carbons (Fsp3) is 0.143. The lowest BCUT2D eigenvalue weighted by Gasteiger charge is -2.07. The van der Waals surface area contributed by atoms with Crippen LogP contribution in [0.1, 0.15) is 5.56 Å². The molecule has 2 aromatic carbocycles. The first kappa shape index (κ1) is 11.5. The van der Waals surface area contributed by atoms with E-state index >= 15 is 0 Å². The first-order chi connectivity index (χ1) is 8.25. The lowest BCUT2D eigenvalue weighted by atomic mass is 10.1. The summed E-state index contributed by atoms with van der Waals surface area (Å²) in [6.45, 7) is 0.685. The topological polar surface area (TPSA) is 38.0 Å². The number of rotatable bonds is 4. The van der Waals surface area contributed by atoms with Gasteiger partial charge in [0.15, 0.2) is 0 Å². The Morgan fingerprint density at radius 3 is 2.65 bits per heavy atom. The quantitative estimate of drug-likeness (QED) is 0.792. The van der Waals surface area contributed by atoms with Crippen LogP contribution in [-0.2, 0) is 6.42 Å². The molecule has 0 aliphatic rings. The molecule has 0 atom stereocenters. The Morgan fingerprint density at radius 2 is 1.88 bits per heavy atom. The number of nitrogen functional groups attached to an aromatic ring is 1. The van der Waals surface area contributed by atoms with Gasteiger partial charge in [-0.25, -0.2) is 4.39 Å². The zero-order chi connectivity index (χ0) is 12.1. The maximum Gasteiger partial charge on any atom is 0.146 e. The minimum absolute atomic E-state index is 0.222. The van der Waals surface area contributed by atoms with Crippen molar-refractivity contribution in [3.05, 3.63) is 59.9 Å². The molecule has 2 rings (SSSR count). The third kappa shape index (κ3) is 3.21. The van der Waals surface area contributed by atoms with Crippen LogP contribution < -0.4 is 11.1 Å². The lowest BCUT2D eigenvalue weighted by molar-refractivity contribution is 0.630. The Hall–Kier alpha value is -2.03. The molecule has 0 bridgehead atoms. The smallest absolute Gasteiger partial charge is 0.146 e. The second kappa shape index (κ2) is 5.34. The predicted octanol–water partition coefficient (Wildman–Crippen LogP) is 3.06. The third-order valence-electron chi connectivity index (χ3n) is 2.55. The van der Waals surface area contributed by atoms with Gasteiger partial charge in [-0.05, 0) is 36.2 Å². The monoisotopic (exact) mass is 230 g/mol. The molecule has 0 heterocycles. The summed E-state index contributed by atoms with van der Waals surface area (Å²) in [5.74, 6) is -0.222. The molecular formula is C14H15FN2. The van der Waals surface area contributed by atoms with Gasteiger partial charge in [-0.3, -0.25) is 0 Å². The number of halogens is 1. The van der Waals surface area contributed by atoms with E-state index in [0.29, 0.717) is 12.2 Å². The fourth-order valence-electron chi connectivity index (χ4n) is 1.69. The first-order valence-corrected chi connectivity index (χ1v) is 5.58. The van der Waals surface area contributed by atoms with Gasteiger partial charge < -0.3 is 11.1 Å². The minimum atomic E-state index is -0.222. The van der Waals surface area contributed by atoms with Crippen LogP contribution in [0.25, 0.3) is 0 Å². The normalized spacial score (nSPS) is 10.2. The molecule has 0 spiro atoms. The highest BCUT2D eigenvalue weighted by molar-refractivity contribution is 5.45. The van der Waals surface area contributed by atoms with E-state index < -0.39 is 0 Å². The van der Waals surface area contributed by atoms with Gasteiger partial charge in [0.05, 0.1) is 5.69 Å². The fourth-order valence-corrected chi connectivity index (χ4v) is 1.69. The van der Waals surface area contributed by atoms with E-state index in [2.05, 4.69) is 5.32 Å². The Bertz CT molecular complexity index is 497. The van der Waals surface area contributed by atoms with E-state index in [1.807, 2.05) is 30.3 Å². The van der Waals surface area contributed by atoms with Crippen molar-refractivity contribution in [2.24, 2.45) is 0 Å². The average Bonchev–Trinajstić information content (AvgIpc) is 2.32. The van der Waals surface area contributed by atoms with Crippen LogP contribution in [0.4, 0.5) is 15.8 Å². The van der Waals surface area contributed by atoms with E-state index in [0.717, 1.165) is 17.7 Å². The van der Waals surface area contributed by atoms with E-state index in [4.69, 9.17) is 5.73 Å². The van der Waals surface area contributed by atoms with Gasteiger partial charge in [0, 0.05) is 12.2 Å². The number of nitrogens with two attached hydrogens (primary N) is 1. The summed E-state index contributed by atoms with van der Waals surface area (Å²) in [4.78, 5) is 0. The van der Waals surface area contributed by atoms with Crippen LogP contribution in [0.3, 0.4) is 0 Å². The van der Waals surface area contributed by atoms with Gasteiger partial charge in [-0.1, -0.05) is 24.3 Å². The molecule has 0 radical (unpaired) electrons. The zero-order valence-corrected chi connectivity index (χ0v) is 9.49. The summed E-state index contributed by atoms with van der Waals surface area (Å²) in [5.41, 5.74) is 8.13. The van der Waals surface area contributed by atoms with Crippen molar-refractivity contribution >= 4 is 11.4 Å². The van der Waals surface area contributed by atoms with Gasteiger partial charge in [-0.2, -0.15) is 0 Å². The molecule has 2 aromatic rings. The van der Waals surface area contributed by atoms with Crippen molar-refractivity contribution in [3.8, 4) is 0 Å². The summed E-state index contributed by atoms with van der Waals surface area (Å²) in [5, 5.41) is 3.07. The molecule has 0 amide bonds. The second-order valence-electron chi connectivity index (χ2n) is 3.90. The average molecular weight is 230 g/mol. The van der Waals surface area contributed by atoms with E-state index in [9.17, 15) is 4.39 Å². The van der Waals surface area contributed by atoms with Crippen molar-refractivity contribution in [2.75, 3.05) is 17.6 Å². The zero-order valence-electron chi connectivity index (χ0n) is 9.49. The minimum Gasteiger partial charge on any atom is -0.399 e. The van der Waals surface area contributed by atoms with Crippen LogP contribution in [0, 0.1) is 5.82 Å². The largest absolute Gasteiger partial charge is 0.399 e. The van der Waals surface area contributed by atoms with Crippen LogP contribution >= 0.6 is 0 Å². The molecule has 17 heavy (non-hydrogen) atoms. The highest BCUT2D eigenvalue weighted by Crippen LogP contribution is 2.13. The Labute approximate surface area is 100 Å². The van der Waals surface area contributed by atoms with Gasteiger partial charge in [0.25, 0.3) is 0 Å². The summed E-state index contributed by atoms with van der Waals surface area (Å²) in [6.07, 6.45) is 0.819. The number of hydrogen-bond donors (Lipinski definition) is 2. The molecule has 0 saturated heterocycles. The van der Waals surface area contributed by atoms with Gasteiger partial charge in [0.1, 0.15) is 5.82 Å². The molecular weight excluding hydrogens is 215 g/mol. The number of hydrogen-bond acceptors (Lipinski definition) is 2. The van der Waals surface area contributed by atoms with Crippen molar-refractivity contribution < 1.29 is 4.39 Å².